The van der Waals surface area contributed by atoms with Gasteiger partial charge in [-0.05, 0) is 6.42 Å². The van der Waals surface area contributed by atoms with E-state index in [4.69, 9.17) is 13.8 Å². The van der Waals surface area contributed by atoms with Gasteiger partial charge in [-0.2, -0.15) is 11.8 Å². The van der Waals surface area contributed by atoms with Crippen LogP contribution < -0.4 is 0 Å². The lowest BCUT2D eigenvalue weighted by atomic mass is 10.0. The first kappa shape index (κ1) is 36.7. The number of carbonyl (C=O) groups is 1. The van der Waals surface area contributed by atoms with Crippen LogP contribution in [0.3, 0.4) is 0 Å². The maximum absolute atomic E-state index is 12.5. The largest absolute Gasteiger partial charge is 0.472 e. The van der Waals surface area contributed by atoms with E-state index < -0.39 is 7.82 Å². The average Bonchev–Trinajstić information content (AvgIpc) is 2.88. The second-order valence-corrected chi connectivity index (χ2v) is 14.8. The van der Waals surface area contributed by atoms with Gasteiger partial charge >= 0.3 is 13.9 Å². The number of thioether (sulfide) groups is 1. The van der Waals surface area contributed by atoms with E-state index in [-0.39, 0.29) is 24.6 Å². The molecule has 232 valence electrons. The molecule has 1 amide bonds. The summed E-state index contributed by atoms with van der Waals surface area (Å²) in [7, 11) is 1.86. The Morgan fingerprint density at radius 2 is 1.36 bits per heavy atom. The lowest BCUT2D eigenvalue weighted by Crippen LogP contribution is -2.43. The van der Waals surface area contributed by atoms with Gasteiger partial charge in [0, 0.05) is 24.1 Å². The maximum atomic E-state index is 12.5. The molecule has 0 aromatic heterocycles. The fourth-order valence-electron chi connectivity index (χ4n) is 4.53. The Morgan fingerprint density at radius 1 is 0.846 bits per heavy atom. The number of nitrogens with zero attached hydrogens (tertiary/aromatic N) is 2. The molecule has 39 heavy (non-hydrogen) atoms. The van der Waals surface area contributed by atoms with Crippen LogP contribution in [0.2, 0.25) is 0 Å². The van der Waals surface area contributed by atoms with Crippen LogP contribution in [0.4, 0.5) is 4.79 Å². The normalized spacial score (nSPS) is 17.8. The summed E-state index contributed by atoms with van der Waals surface area (Å²) >= 11 is 1.64. The molecule has 2 atom stereocenters. The lowest BCUT2D eigenvalue weighted by molar-refractivity contribution is -0.870. The number of phosphoric acid groups is 1. The first-order valence-electron chi connectivity index (χ1n) is 15.6. The second kappa shape index (κ2) is 22.3. The van der Waals surface area contributed by atoms with Gasteiger partial charge < -0.3 is 19.0 Å². The van der Waals surface area contributed by atoms with E-state index in [1.807, 2.05) is 21.1 Å². The number of ether oxygens (including phenoxy) is 1. The predicted octanol–water partition coefficient (Wildman–Crippen LogP) is 7.64. The van der Waals surface area contributed by atoms with Crippen LogP contribution in [-0.2, 0) is 18.3 Å². The molecular weight excluding hydrogens is 535 g/mol. The van der Waals surface area contributed by atoms with Crippen LogP contribution in [0.25, 0.3) is 0 Å². The van der Waals surface area contributed by atoms with Crippen LogP contribution in [0, 0.1) is 0 Å². The Hall–Kier alpha value is -0.310. The van der Waals surface area contributed by atoms with Gasteiger partial charge in [0.2, 0.25) is 0 Å². The van der Waals surface area contributed by atoms with Crippen LogP contribution >= 0.6 is 19.6 Å². The van der Waals surface area contributed by atoms with Gasteiger partial charge in [0.1, 0.15) is 13.2 Å². The Bertz CT molecular complexity index is 664. The van der Waals surface area contributed by atoms with Gasteiger partial charge in [-0.25, -0.2) is 9.36 Å². The fourth-order valence-corrected chi connectivity index (χ4v) is 6.50. The molecule has 0 aromatic rings. The zero-order valence-corrected chi connectivity index (χ0v) is 27.3. The van der Waals surface area contributed by atoms with E-state index in [0.717, 1.165) is 18.6 Å². The minimum Gasteiger partial charge on any atom is -0.449 e. The van der Waals surface area contributed by atoms with Crippen molar-refractivity contribution in [3.63, 3.8) is 0 Å². The predicted molar refractivity (Wildman–Crippen MR) is 163 cm³/mol. The van der Waals surface area contributed by atoms with Crippen molar-refractivity contribution >= 4 is 25.7 Å². The van der Waals surface area contributed by atoms with Crippen molar-refractivity contribution in [2.75, 3.05) is 66.4 Å². The van der Waals surface area contributed by atoms with Gasteiger partial charge in [-0.15, -0.1) is 0 Å². The molecule has 1 fully saturated rings. The molecule has 1 aliphatic heterocycles. The van der Waals surface area contributed by atoms with Crippen molar-refractivity contribution < 1.29 is 32.5 Å². The van der Waals surface area contributed by atoms with Crippen molar-refractivity contribution in [1.29, 1.82) is 0 Å². The van der Waals surface area contributed by atoms with Crippen molar-refractivity contribution in [3.05, 3.63) is 0 Å². The third-order valence-corrected chi connectivity index (χ3v) is 9.22. The number of amides is 1. The lowest BCUT2D eigenvalue weighted by Gasteiger charge is -2.31. The molecule has 0 saturated carbocycles. The third kappa shape index (κ3) is 22.0. The zero-order chi connectivity index (χ0) is 28.8. The zero-order valence-electron chi connectivity index (χ0n) is 25.6. The maximum Gasteiger partial charge on any atom is 0.472 e. The standard InChI is InChI=1S/C29H59N2O6PS/c1-5-6-7-8-9-10-11-12-13-14-15-16-17-18-19-20-23-35-29(32)30-21-25-39-28(26-30)27-37-38(33,34)36-24-22-31(2,3)4/h28H,5-27H2,1-4H3/p+1. The smallest absolute Gasteiger partial charge is 0.449 e. The number of rotatable bonds is 24. The highest BCUT2D eigenvalue weighted by molar-refractivity contribution is 8.00. The van der Waals surface area contributed by atoms with E-state index in [2.05, 4.69) is 6.92 Å². The molecule has 1 saturated heterocycles. The summed E-state index contributed by atoms with van der Waals surface area (Å²) in [5.41, 5.74) is 0. The van der Waals surface area contributed by atoms with Crippen molar-refractivity contribution in [1.82, 2.24) is 4.90 Å². The Kier molecular flexibility index (Phi) is 21.0. The molecule has 0 radical (unpaired) electrons. The van der Waals surface area contributed by atoms with Gasteiger partial charge in [0.25, 0.3) is 0 Å². The molecule has 1 rings (SSSR count). The summed E-state index contributed by atoms with van der Waals surface area (Å²) in [5.74, 6) is 0.750. The van der Waals surface area contributed by atoms with E-state index in [0.29, 0.717) is 30.7 Å². The van der Waals surface area contributed by atoms with E-state index >= 15 is 0 Å². The second-order valence-electron chi connectivity index (χ2n) is 12.0. The van der Waals surface area contributed by atoms with Gasteiger partial charge in [-0.1, -0.05) is 103 Å². The van der Waals surface area contributed by atoms with Gasteiger partial charge in [0.15, 0.2) is 0 Å². The highest BCUT2D eigenvalue weighted by atomic mass is 32.2. The molecule has 0 aromatic carbocycles. The molecule has 1 heterocycles. The molecule has 0 aliphatic carbocycles. The van der Waals surface area contributed by atoms with Crippen LogP contribution in [0.1, 0.15) is 110 Å². The van der Waals surface area contributed by atoms with Crippen molar-refractivity contribution in [2.24, 2.45) is 0 Å². The van der Waals surface area contributed by atoms with Crippen molar-refractivity contribution in [2.45, 2.75) is 115 Å². The minimum atomic E-state index is -4.10. The molecule has 0 bridgehead atoms. The van der Waals surface area contributed by atoms with Gasteiger partial charge in [-0.3, -0.25) is 9.05 Å². The summed E-state index contributed by atoms with van der Waals surface area (Å²) in [6.07, 6.45) is 20.8. The molecule has 1 N–H and O–H groups in total. The molecule has 0 spiro atoms. The first-order chi connectivity index (χ1) is 18.6. The van der Waals surface area contributed by atoms with Crippen LogP contribution in [0.5, 0.6) is 0 Å². The first-order valence-corrected chi connectivity index (χ1v) is 18.1. The van der Waals surface area contributed by atoms with E-state index in [1.54, 1.807) is 16.7 Å². The monoisotopic (exact) mass is 595 g/mol. The Labute approximate surface area is 244 Å². The number of hydrogen-bond acceptors (Lipinski definition) is 6. The summed E-state index contributed by atoms with van der Waals surface area (Å²) in [6, 6.07) is 0. The highest BCUT2D eigenvalue weighted by Crippen LogP contribution is 2.43. The number of phosphoric ester groups is 1. The minimum absolute atomic E-state index is 0.0612. The van der Waals surface area contributed by atoms with Crippen molar-refractivity contribution in [3.8, 4) is 0 Å². The summed E-state index contributed by atoms with van der Waals surface area (Å²) in [6.45, 7) is 4.60. The Morgan fingerprint density at radius 3 is 1.87 bits per heavy atom. The molecule has 2 unspecified atom stereocenters. The van der Waals surface area contributed by atoms with E-state index in [9.17, 15) is 14.3 Å². The number of likely N-dealkylation sites (N-methyl/N-ethyl adjacent to an activating group) is 1. The molecule has 1 aliphatic rings. The number of unbranched alkanes of at least 4 members (excludes halogenated alkanes) is 15. The Balaban J connectivity index is 1.99. The fraction of sp³-hybridized carbons (Fsp3) is 0.966. The molecule has 8 nitrogen and oxygen atoms in total. The molecule has 10 heteroatoms. The summed E-state index contributed by atoms with van der Waals surface area (Å²) in [4.78, 5) is 24.1. The summed E-state index contributed by atoms with van der Waals surface area (Å²) in [5, 5.41) is -0.0793. The van der Waals surface area contributed by atoms with Crippen LogP contribution in [-0.4, -0.2) is 92.0 Å². The van der Waals surface area contributed by atoms with E-state index in [1.165, 1.54) is 89.9 Å². The number of quaternary nitrogens is 1. The van der Waals surface area contributed by atoms with Crippen LogP contribution in [0.15, 0.2) is 0 Å². The molecular formula is C29H60N2O6PS+. The number of carbonyl (C=O) groups excluding carboxylic acids is 1. The number of hydrogen-bond donors (Lipinski definition) is 1. The third-order valence-electron chi connectivity index (χ3n) is 7.06. The quantitative estimate of drug-likeness (QED) is 0.0697. The van der Waals surface area contributed by atoms with Gasteiger partial charge in [0.05, 0.1) is 34.4 Å². The SMILES string of the molecule is CCCCCCCCCCCCCCCCCCOC(=O)N1CCSC(COP(=O)(O)OCC[N+](C)(C)C)C1. The highest BCUT2D eigenvalue weighted by Gasteiger charge is 2.29. The summed E-state index contributed by atoms with van der Waals surface area (Å²) < 4.78 is 28.5. The topological polar surface area (TPSA) is 85.3 Å². The average molecular weight is 596 g/mol.